The van der Waals surface area contributed by atoms with Crippen LogP contribution in [0.15, 0.2) is 48.5 Å². The monoisotopic (exact) mass is 393 g/mol. The largest absolute Gasteiger partial charge is 0.573 e. The molecule has 3 rings (SSSR count). The predicted octanol–water partition coefficient (Wildman–Crippen LogP) is 4.31. The Morgan fingerprint density at radius 3 is 2.29 bits per heavy atom. The molecule has 0 aliphatic carbocycles. The SMILES string of the molecule is CC1(Cc2ccc(OC(F)(F)F)cc2)CCCN1C(=O)c1ccc(CO)cc1. The lowest BCUT2D eigenvalue weighted by Crippen LogP contribution is -2.46. The summed E-state index contributed by atoms with van der Waals surface area (Å²) in [6, 6.07) is 12.6. The zero-order chi connectivity index (χ0) is 20.4. The highest BCUT2D eigenvalue weighted by Gasteiger charge is 2.40. The highest BCUT2D eigenvalue weighted by atomic mass is 19.4. The van der Waals surface area contributed by atoms with E-state index in [1.807, 2.05) is 11.8 Å². The van der Waals surface area contributed by atoms with Gasteiger partial charge in [-0.3, -0.25) is 4.79 Å². The molecule has 7 heteroatoms. The quantitative estimate of drug-likeness (QED) is 0.823. The average Bonchev–Trinajstić information content (AvgIpc) is 3.03. The molecule has 0 bridgehead atoms. The van der Waals surface area contributed by atoms with E-state index in [-0.39, 0.29) is 18.3 Å². The second kappa shape index (κ2) is 7.83. The van der Waals surface area contributed by atoms with Crippen molar-refractivity contribution in [1.82, 2.24) is 4.90 Å². The first kappa shape index (κ1) is 20.2. The van der Waals surface area contributed by atoms with Gasteiger partial charge in [-0.2, -0.15) is 0 Å². The number of carbonyl (C=O) groups excluding carboxylic acids is 1. The lowest BCUT2D eigenvalue weighted by Gasteiger charge is -2.36. The molecule has 2 aromatic carbocycles. The maximum Gasteiger partial charge on any atom is 0.573 e. The topological polar surface area (TPSA) is 49.8 Å². The van der Waals surface area contributed by atoms with Crippen molar-refractivity contribution in [3.8, 4) is 5.75 Å². The van der Waals surface area contributed by atoms with Gasteiger partial charge in [0.15, 0.2) is 0 Å². The minimum Gasteiger partial charge on any atom is -0.406 e. The Labute approximate surface area is 161 Å². The second-order valence-electron chi connectivity index (χ2n) is 7.28. The zero-order valence-electron chi connectivity index (χ0n) is 15.5. The maximum absolute atomic E-state index is 13.0. The molecule has 0 radical (unpaired) electrons. The Balaban J connectivity index is 1.73. The molecule has 1 atom stereocenters. The Hall–Kier alpha value is -2.54. The number of halogens is 3. The van der Waals surface area contributed by atoms with Gasteiger partial charge in [0.2, 0.25) is 0 Å². The second-order valence-corrected chi connectivity index (χ2v) is 7.28. The molecule has 0 saturated carbocycles. The van der Waals surface area contributed by atoms with Crippen molar-refractivity contribution in [1.29, 1.82) is 0 Å². The number of aliphatic hydroxyl groups is 1. The van der Waals surface area contributed by atoms with Gasteiger partial charge < -0.3 is 14.7 Å². The summed E-state index contributed by atoms with van der Waals surface area (Å²) in [6.07, 6.45) is -2.49. The van der Waals surface area contributed by atoms with Gasteiger partial charge in [0, 0.05) is 17.6 Å². The molecular weight excluding hydrogens is 371 g/mol. The van der Waals surface area contributed by atoms with E-state index < -0.39 is 11.9 Å². The van der Waals surface area contributed by atoms with Gasteiger partial charge in [-0.1, -0.05) is 24.3 Å². The van der Waals surface area contributed by atoms with Crippen molar-refractivity contribution < 1.29 is 27.8 Å². The summed E-state index contributed by atoms with van der Waals surface area (Å²) >= 11 is 0. The summed E-state index contributed by atoms with van der Waals surface area (Å²) in [5.41, 5.74) is 1.72. The molecule has 1 unspecified atom stereocenters. The fraction of sp³-hybridized carbons (Fsp3) is 0.381. The number of rotatable bonds is 5. The molecule has 0 spiro atoms. The smallest absolute Gasteiger partial charge is 0.406 e. The number of carbonyl (C=O) groups is 1. The van der Waals surface area contributed by atoms with Crippen molar-refractivity contribution in [2.75, 3.05) is 6.54 Å². The molecule has 1 fully saturated rings. The van der Waals surface area contributed by atoms with Crippen LogP contribution in [0.3, 0.4) is 0 Å². The normalized spacial score (nSPS) is 19.7. The number of amides is 1. The number of likely N-dealkylation sites (tertiary alicyclic amines) is 1. The van der Waals surface area contributed by atoms with Crippen LogP contribution in [0.1, 0.15) is 41.3 Å². The molecule has 1 amide bonds. The Kier molecular flexibility index (Phi) is 5.65. The van der Waals surface area contributed by atoms with Crippen LogP contribution in [0.4, 0.5) is 13.2 Å². The number of hydrogen-bond donors (Lipinski definition) is 1. The molecule has 150 valence electrons. The lowest BCUT2D eigenvalue weighted by atomic mass is 9.89. The van der Waals surface area contributed by atoms with Gasteiger partial charge in [-0.25, -0.2) is 0 Å². The number of hydrogen-bond acceptors (Lipinski definition) is 3. The van der Waals surface area contributed by atoms with E-state index in [2.05, 4.69) is 4.74 Å². The molecule has 28 heavy (non-hydrogen) atoms. The zero-order valence-corrected chi connectivity index (χ0v) is 15.5. The fourth-order valence-electron chi connectivity index (χ4n) is 3.71. The number of ether oxygens (including phenoxy) is 1. The van der Waals surface area contributed by atoms with Crippen LogP contribution in [0.2, 0.25) is 0 Å². The van der Waals surface area contributed by atoms with Crippen molar-refractivity contribution in [3.05, 3.63) is 65.2 Å². The predicted molar refractivity (Wildman–Crippen MR) is 97.9 cm³/mol. The summed E-state index contributed by atoms with van der Waals surface area (Å²) in [5, 5.41) is 9.14. The van der Waals surface area contributed by atoms with Gasteiger partial charge in [-0.15, -0.1) is 13.2 Å². The fourth-order valence-corrected chi connectivity index (χ4v) is 3.71. The van der Waals surface area contributed by atoms with Crippen LogP contribution in [-0.2, 0) is 13.0 Å². The summed E-state index contributed by atoms with van der Waals surface area (Å²) in [4.78, 5) is 14.8. The molecule has 1 aliphatic heterocycles. The molecule has 1 N–H and O–H groups in total. The maximum atomic E-state index is 13.0. The van der Waals surface area contributed by atoms with E-state index in [0.29, 0.717) is 18.5 Å². The van der Waals surface area contributed by atoms with Gasteiger partial charge in [0.05, 0.1) is 6.61 Å². The van der Waals surface area contributed by atoms with Crippen LogP contribution >= 0.6 is 0 Å². The molecule has 1 saturated heterocycles. The number of aliphatic hydroxyl groups excluding tert-OH is 1. The van der Waals surface area contributed by atoms with Crippen LogP contribution in [0.25, 0.3) is 0 Å². The third-order valence-corrected chi connectivity index (χ3v) is 5.12. The number of alkyl halides is 3. The van der Waals surface area contributed by atoms with Gasteiger partial charge in [0.25, 0.3) is 5.91 Å². The standard InChI is InChI=1S/C21H22F3NO3/c1-20(13-15-5-9-18(10-6-15)28-21(22,23)24)11-2-12-25(20)19(27)17-7-3-16(14-26)4-8-17/h3-10,26H,2,11-14H2,1H3. The first-order valence-corrected chi connectivity index (χ1v) is 9.07. The molecule has 1 aliphatic rings. The molecule has 1 heterocycles. The van der Waals surface area contributed by atoms with Crippen molar-refractivity contribution in [2.45, 2.75) is 44.7 Å². The van der Waals surface area contributed by atoms with Crippen molar-refractivity contribution in [3.63, 3.8) is 0 Å². The first-order chi connectivity index (χ1) is 13.2. The van der Waals surface area contributed by atoms with Crippen LogP contribution in [0, 0.1) is 0 Å². The summed E-state index contributed by atoms with van der Waals surface area (Å²) < 4.78 is 40.8. The van der Waals surface area contributed by atoms with Crippen LogP contribution in [-0.4, -0.2) is 34.4 Å². The first-order valence-electron chi connectivity index (χ1n) is 9.07. The summed E-state index contributed by atoms with van der Waals surface area (Å²) in [7, 11) is 0. The van der Waals surface area contributed by atoms with E-state index in [4.69, 9.17) is 5.11 Å². The highest BCUT2D eigenvalue weighted by molar-refractivity contribution is 5.95. The van der Waals surface area contributed by atoms with E-state index >= 15 is 0 Å². The summed E-state index contributed by atoms with van der Waals surface area (Å²) in [6.45, 7) is 2.55. The van der Waals surface area contributed by atoms with Crippen molar-refractivity contribution >= 4 is 5.91 Å². The lowest BCUT2D eigenvalue weighted by molar-refractivity contribution is -0.274. The van der Waals surface area contributed by atoms with Gasteiger partial charge in [-0.05, 0) is 61.6 Å². The van der Waals surface area contributed by atoms with Crippen LogP contribution in [0.5, 0.6) is 5.75 Å². The minimum atomic E-state index is -4.71. The summed E-state index contributed by atoms with van der Waals surface area (Å²) in [5.74, 6) is -0.341. The van der Waals surface area contributed by atoms with E-state index in [9.17, 15) is 18.0 Å². The van der Waals surface area contributed by atoms with Gasteiger partial charge >= 0.3 is 6.36 Å². The Morgan fingerprint density at radius 2 is 1.71 bits per heavy atom. The van der Waals surface area contributed by atoms with E-state index in [1.54, 1.807) is 36.4 Å². The van der Waals surface area contributed by atoms with E-state index in [0.717, 1.165) is 24.0 Å². The minimum absolute atomic E-state index is 0.0794. The molecule has 2 aromatic rings. The van der Waals surface area contributed by atoms with Gasteiger partial charge in [0.1, 0.15) is 5.75 Å². The molecule has 4 nitrogen and oxygen atoms in total. The average molecular weight is 393 g/mol. The Morgan fingerprint density at radius 1 is 1.11 bits per heavy atom. The highest BCUT2D eigenvalue weighted by Crippen LogP contribution is 2.34. The Bertz CT molecular complexity index is 818. The number of nitrogens with zero attached hydrogens (tertiary/aromatic N) is 1. The van der Waals surface area contributed by atoms with Crippen molar-refractivity contribution in [2.24, 2.45) is 0 Å². The molecular formula is C21H22F3NO3. The number of benzene rings is 2. The van der Waals surface area contributed by atoms with Crippen LogP contribution < -0.4 is 4.74 Å². The van der Waals surface area contributed by atoms with E-state index in [1.165, 1.54) is 12.1 Å². The third kappa shape index (κ3) is 4.65. The third-order valence-electron chi connectivity index (χ3n) is 5.12. The molecule has 0 aromatic heterocycles.